The Kier molecular flexibility index (Phi) is 9.62. The molecule has 0 atom stereocenters. The Balaban J connectivity index is 1.92. The molecule has 31 heavy (non-hydrogen) atoms. The van der Waals surface area contributed by atoms with Crippen LogP contribution in [0, 0.1) is 0 Å². The van der Waals surface area contributed by atoms with E-state index in [0.717, 1.165) is 24.0 Å². The molecule has 0 spiro atoms. The predicted molar refractivity (Wildman–Crippen MR) is 124 cm³/mol. The summed E-state index contributed by atoms with van der Waals surface area (Å²) in [6.45, 7) is 6.61. The minimum Gasteiger partial charge on any atom is -0.493 e. The SMILES string of the molecule is CCCCOc1ccc(/C=C/C(=O)Nc2ccc(CC(=O)NC(C)C)cc2)cc1OC. The smallest absolute Gasteiger partial charge is 0.248 e. The van der Waals surface area contributed by atoms with Gasteiger partial charge in [0.25, 0.3) is 0 Å². The minimum absolute atomic E-state index is 0.0214. The maximum atomic E-state index is 12.2. The summed E-state index contributed by atoms with van der Waals surface area (Å²) in [5.74, 6) is 1.06. The number of ether oxygens (including phenoxy) is 2. The van der Waals surface area contributed by atoms with Crippen LogP contribution in [0.5, 0.6) is 11.5 Å². The number of anilines is 1. The van der Waals surface area contributed by atoms with Gasteiger partial charge < -0.3 is 20.1 Å². The van der Waals surface area contributed by atoms with Crippen LogP contribution >= 0.6 is 0 Å². The van der Waals surface area contributed by atoms with Crippen molar-refractivity contribution in [3.63, 3.8) is 0 Å². The van der Waals surface area contributed by atoms with Crippen LogP contribution < -0.4 is 20.1 Å². The Morgan fingerprint density at radius 1 is 1.06 bits per heavy atom. The van der Waals surface area contributed by atoms with Crippen LogP contribution in [0.25, 0.3) is 6.08 Å². The summed E-state index contributed by atoms with van der Waals surface area (Å²) in [7, 11) is 1.60. The zero-order valence-corrected chi connectivity index (χ0v) is 18.7. The van der Waals surface area contributed by atoms with Crippen LogP contribution in [0.2, 0.25) is 0 Å². The van der Waals surface area contributed by atoms with Gasteiger partial charge in [-0.2, -0.15) is 0 Å². The average molecular weight is 425 g/mol. The third-order valence-corrected chi connectivity index (χ3v) is 4.41. The molecule has 0 aliphatic carbocycles. The van der Waals surface area contributed by atoms with Gasteiger partial charge in [-0.3, -0.25) is 9.59 Å². The molecule has 0 aromatic heterocycles. The van der Waals surface area contributed by atoms with E-state index in [4.69, 9.17) is 9.47 Å². The Morgan fingerprint density at radius 3 is 2.45 bits per heavy atom. The Labute approximate surface area is 184 Å². The van der Waals surface area contributed by atoms with Gasteiger partial charge >= 0.3 is 0 Å². The summed E-state index contributed by atoms with van der Waals surface area (Å²) in [4.78, 5) is 24.1. The Morgan fingerprint density at radius 2 is 1.81 bits per heavy atom. The first-order chi connectivity index (χ1) is 14.9. The molecule has 2 aromatic carbocycles. The highest BCUT2D eigenvalue weighted by Gasteiger charge is 2.07. The van der Waals surface area contributed by atoms with Crippen molar-refractivity contribution in [2.45, 2.75) is 46.1 Å². The van der Waals surface area contributed by atoms with Crippen LogP contribution in [0.15, 0.2) is 48.5 Å². The number of hydrogen-bond acceptors (Lipinski definition) is 4. The first-order valence-corrected chi connectivity index (χ1v) is 10.6. The number of rotatable bonds is 11. The van der Waals surface area contributed by atoms with Crippen LogP contribution in [-0.4, -0.2) is 31.6 Å². The fourth-order valence-corrected chi connectivity index (χ4v) is 2.85. The van der Waals surface area contributed by atoms with Gasteiger partial charge in [-0.05, 0) is 61.7 Å². The second-order valence-electron chi connectivity index (χ2n) is 7.53. The van der Waals surface area contributed by atoms with Gasteiger partial charge in [0.15, 0.2) is 11.5 Å². The number of nitrogens with one attached hydrogen (secondary N) is 2. The summed E-state index contributed by atoms with van der Waals surface area (Å²) in [6, 6.07) is 12.9. The maximum Gasteiger partial charge on any atom is 0.248 e. The van der Waals surface area contributed by atoms with Gasteiger partial charge in [0, 0.05) is 17.8 Å². The molecular formula is C25H32N2O4. The molecule has 0 fully saturated rings. The van der Waals surface area contributed by atoms with E-state index in [9.17, 15) is 9.59 Å². The standard InChI is InChI=1S/C25H32N2O4/c1-5-6-15-31-22-13-9-19(16-23(22)30-4)10-14-24(28)27-21-11-7-20(8-12-21)17-25(29)26-18(2)3/h7-14,16,18H,5-6,15,17H2,1-4H3,(H,26,29)(H,27,28)/b14-10+. The largest absolute Gasteiger partial charge is 0.493 e. The molecule has 2 rings (SSSR count). The zero-order valence-electron chi connectivity index (χ0n) is 18.7. The van der Waals surface area contributed by atoms with Crippen molar-refractivity contribution in [1.29, 1.82) is 0 Å². The van der Waals surface area contributed by atoms with Crippen molar-refractivity contribution < 1.29 is 19.1 Å². The van der Waals surface area contributed by atoms with Gasteiger partial charge in [-0.1, -0.05) is 31.5 Å². The van der Waals surface area contributed by atoms with E-state index in [1.807, 2.05) is 44.2 Å². The molecule has 2 N–H and O–H groups in total. The first kappa shape index (κ1) is 24.0. The molecule has 2 aromatic rings. The lowest BCUT2D eigenvalue weighted by Crippen LogP contribution is -2.31. The zero-order chi connectivity index (χ0) is 22.6. The normalized spacial score (nSPS) is 10.9. The minimum atomic E-state index is -0.243. The topological polar surface area (TPSA) is 76.7 Å². The molecule has 6 nitrogen and oxygen atoms in total. The van der Waals surface area contributed by atoms with Gasteiger partial charge in [-0.15, -0.1) is 0 Å². The third kappa shape index (κ3) is 8.54. The summed E-state index contributed by atoms with van der Waals surface area (Å²) in [6.07, 6.45) is 5.55. The summed E-state index contributed by atoms with van der Waals surface area (Å²) in [5.41, 5.74) is 2.39. The Bertz CT molecular complexity index is 889. The van der Waals surface area contributed by atoms with Crippen LogP contribution in [0.4, 0.5) is 5.69 Å². The number of methoxy groups -OCH3 is 1. The molecule has 0 saturated heterocycles. The summed E-state index contributed by atoms with van der Waals surface area (Å²) < 4.78 is 11.1. The van der Waals surface area contributed by atoms with E-state index in [-0.39, 0.29) is 17.9 Å². The van der Waals surface area contributed by atoms with Crippen molar-refractivity contribution in [3.05, 3.63) is 59.7 Å². The number of hydrogen-bond donors (Lipinski definition) is 2. The molecule has 0 unspecified atom stereocenters. The highest BCUT2D eigenvalue weighted by atomic mass is 16.5. The molecule has 6 heteroatoms. The molecule has 0 radical (unpaired) electrons. The van der Waals surface area contributed by atoms with E-state index in [1.165, 1.54) is 6.08 Å². The lowest BCUT2D eigenvalue weighted by Gasteiger charge is -2.11. The average Bonchev–Trinajstić information content (AvgIpc) is 2.73. The molecule has 0 saturated carbocycles. The van der Waals surface area contributed by atoms with Crippen molar-refractivity contribution in [2.24, 2.45) is 0 Å². The lowest BCUT2D eigenvalue weighted by atomic mass is 10.1. The maximum absolute atomic E-state index is 12.2. The van der Waals surface area contributed by atoms with Gasteiger partial charge in [-0.25, -0.2) is 0 Å². The van der Waals surface area contributed by atoms with Gasteiger partial charge in [0.1, 0.15) is 0 Å². The Hall–Kier alpha value is -3.28. The number of amides is 2. The summed E-state index contributed by atoms with van der Waals surface area (Å²) >= 11 is 0. The number of benzene rings is 2. The molecule has 166 valence electrons. The van der Waals surface area contributed by atoms with Crippen LogP contribution in [0.3, 0.4) is 0 Å². The molecular weight excluding hydrogens is 392 g/mol. The molecule has 0 heterocycles. The number of unbranched alkanes of at least 4 members (excludes halogenated alkanes) is 1. The van der Waals surface area contributed by atoms with E-state index in [2.05, 4.69) is 17.6 Å². The van der Waals surface area contributed by atoms with E-state index in [1.54, 1.807) is 25.3 Å². The number of carbonyl (C=O) groups is 2. The van der Waals surface area contributed by atoms with Crippen LogP contribution in [0.1, 0.15) is 44.7 Å². The van der Waals surface area contributed by atoms with E-state index < -0.39 is 0 Å². The van der Waals surface area contributed by atoms with Crippen molar-refractivity contribution in [1.82, 2.24) is 5.32 Å². The van der Waals surface area contributed by atoms with Gasteiger partial charge in [0.05, 0.1) is 20.1 Å². The second-order valence-corrected chi connectivity index (χ2v) is 7.53. The first-order valence-electron chi connectivity index (χ1n) is 10.6. The quantitative estimate of drug-likeness (QED) is 0.408. The highest BCUT2D eigenvalue weighted by Crippen LogP contribution is 2.28. The monoisotopic (exact) mass is 424 g/mol. The van der Waals surface area contributed by atoms with Crippen LogP contribution in [-0.2, 0) is 16.0 Å². The molecule has 2 amide bonds. The fourth-order valence-electron chi connectivity index (χ4n) is 2.85. The highest BCUT2D eigenvalue weighted by molar-refractivity contribution is 6.02. The van der Waals surface area contributed by atoms with Crippen molar-refractivity contribution in [3.8, 4) is 11.5 Å². The third-order valence-electron chi connectivity index (χ3n) is 4.41. The predicted octanol–water partition coefficient (Wildman–Crippen LogP) is 4.59. The molecule has 0 aliphatic rings. The molecule has 0 bridgehead atoms. The fraction of sp³-hybridized carbons (Fsp3) is 0.360. The lowest BCUT2D eigenvalue weighted by molar-refractivity contribution is -0.121. The second kappa shape index (κ2) is 12.4. The van der Waals surface area contributed by atoms with Gasteiger partial charge in [0.2, 0.25) is 11.8 Å². The van der Waals surface area contributed by atoms with Crippen molar-refractivity contribution in [2.75, 3.05) is 19.0 Å². The summed E-state index contributed by atoms with van der Waals surface area (Å²) in [5, 5.41) is 5.68. The molecule has 0 aliphatic heterocycles. The van der Waals surface area contributed by atoms with E-state index in [0.29, 0.717) is 30.2 Å². The van der Waals surface area contributed by atoms with Crippen molar-refractivity contribution >= 4 is 23.6 Å². The number of carbonyl (C=O) groups excluding carboxylic acids is 2. The van der Waals surface area contributed by atoms with E-state index >= 15 is 0 Å².